The number of nitro benzene ring substituents is 1. The fourth-order valence-electron chi connectivity index (χ4n) is 2.96. The highest BCUT2D eigenvalue weighted by atomic mass is 16.6. The molecule has 0 atom stereocenters. The third-order valence-corrected chi connectivity index (χ3v) is 4.44. The smallest absolute Gasteiger partial charge is 0.274 e. The van der Waals surface area contributed by atoms with Crippen molar-refractivity contribution in [2.24, 2.45) is 5.41 Å². The Kier molecular flexibility index (Phi) is 4.02. The van der Waals surface area contributed by atoms with Crippen LogP contribution in [0.3, 0.4) is 0 Å². The van der Waals surface area contributed by atoms with Crippen molar-refractivity contribution in [1.29, 1.82) is 0 Å². The minimum atomic E-state index is -0.302. The van der Waals surface area contributed by atoms with Crippen LogP contribution in [0.1, 0.15) is 50.7 Å². The van der Waals surface area contributed by atoms with Crippen molar-refractivity contribution < 1.29 is 4.92 Å². The number of nitrogens with one attached hydrogen (secondary N) is 1. The predicted octanol–water partition coefficient (Wildman–Crippen LogP) is 4.59. The van der Waals surface area contributed by atoms with E-state index < -0.39 is 0 Å². The molecule has 1 N–H and O–H groups in total. The van der Waals surface area contributed by atoms with Crippen LogP contribution in [0, 0.1) is 29.4 Å². The van der Waals surface area contributed by atoms with Gasteiger partial charge in [-0.05, 0) is 56.6 Å². The van der Waals surface area contributed by atoms with Gasteiger partial charge in [-0.2, -0.15) is 0 Å². The third-order valence-electron chi connectivity index (χ3n) is 4.44. The number of nitrogens with zero attached hydrogens (tertiary/aromatic N) is 1. The maximum atomic E-state index is 11.0. The second-order valence-corrected chi connectivity index (χ2v) is 6.79. The zero-order valence-corrected chi connectivity index (χ0v) is 12.8. The number of aryl methyl sites for hydroxylation is 2. The highest BCUT2D eigenvalue weighted by Crippen LogP contribution is 2.37. The fraction of sp³-hybridized carbons (Fsp3) is 0.625. The van der Waals surface area contributed by atoms with Crippen LogP contribution in [0.4, 0.5) is 11.4 Å². The lowest BCUT2D eigenvalue weighted by Gasteiger charge is -2.35. The SMILES string of the molecule is Cc1cc(C)c([N+](=O)[O-])cc1NC1CCC(C)(C)CC1. The molecular formula is C16H24N2O2. The zero-order chi connectivity index (χ0) is 14.9. The number of rotatable bonds is 3. The van der Waals surface area contributed by atoms with Crippen LogP contribution >= 0.6 is 0 Å². The van der Waals surface area contributed by atoms with Crippen molar-refractivity contribution in [3.8, 4) is 0 Å². The Balaban J connectivity index is 2.14. The summed E-state index contributed by atoms with van der Waals surface area (Å²) in [7, 11) is 0. The van der Waals surface area contributed by atoms with E-state index in [1.54, 1.807) is 13.0 Å². The fourth-order valence-corrected chi connectivity index (χ4v) is 2.96. The lowest BCUT2D eigenvalue weighted by Crippen LogP contribution is -2.30. The summed E-state index contributed by atoms with van der Waals surface area (Å²) in [6, 6.07) is 4.02. The zero-order valence-electron chi connectivity index (χ0n) is 12.8. The van der Waals surface area contributed by atoms with Gasteiger partial charge in [-0.3, -0.25) is 10.1 Å². The normalized spacial score (nSPS) is 18.8. The minimum absolute atomic E-state index is 0.203. The predicted molar refractivity (Wildman–Crippen MR) is 82.2 cm³/mol. The van der Waals surface area contributed by atoms with Crippen LogP contribution in [0.5, 0.6) is 0 Å². The molecule has 0 heterocycles. The van der Waals surface area contributed by atoms with Gasteiger partial charge in [-0.25, -0.2) is 0 Å². The van der Waals surface area contributed by atoms with Crippen LogP contribution in [-0.2, 0) is 0 Å². The molecular weight excluding hydrogens is 252 g/mol. The third kappa shape index (κ3) is 3.30. The average molecular weight is 276 g/mol. The highest BCUT2D eigenvalue weighted by molar-refractivity contribution is 5.60. The molecule has 1 aromatic rings. The first-order chi connectivity index (χ1) is 9.28. The summed E-state index contributed by atoms with van der Waals surface area (Å²) in [4.78, 5) is 10.7. The molecule has 110 valence electrons. The van der Waals surface area contributed by atoms with Gasteiger partial charge in [0.15, 0.2) is 0 Å². The molecule has 0 bridgehead atoms. The van der Waals surface area contributed by atoms with Crippen LogP contribution in [0.15, 0.2) is 12.1 Å². The monoisotopic (exact) mass is 276 g/mol. The van der Waals surface area contributed by atoms with Crippen molar-refractivity contribution in [2.45, 2.75) is 59.4 Å². The van der Waals surface area contributed by atoms with Crippen molar-refractivity contribution in [2.75, 3.05) is 5.32 Å². The molecule has 0 saturated heterocycles. The molecule has 2 rings (SSSR count). The first kappa shape index (κ1) is 14.8. The van der Waals surface area contributed by atoms with E-state index in [0.717, 1.165) is 29.7 Å². The molecule has 1 aliphatic carbocycles. The first-order valence-electron chi connectivity index (χ1n) is 7.31. The molecule has 0 spiro atoms. The molecule has 0 unspecified atom stereocenters. The van der Waals surface area contributed by atoms with E-state index in [1.165, 1.54) is 12.8 Å². The van der Waals surface area contributed by atoms with E-state index in [9.17, 15) is 10.1 Å². The molecule has 0 aliphatic heterocycles. The van der Waals surface area contributed by atoms with Crippen molar-refractivity contribution in [1.82, 2.24) is 0 Å². The van der Waals surface area contributed by atoms with Crippen LogP contribution in [0.2, 0.25) is 0 Å². The molecule has 1 aliphatic rings. The molecule has 1 saturated carbocycles. The maximum absolute atomic E-state index is 11.0. The van der Waals surface area contributed by atoms with E-state index in [4.69, 9.17) is 0 Å². The first-order valence-corrected chi connectivity index (χ1v) is 7.31. The topological polar surface area (TPSA) is 55.2 Å². The van der Waals surface area contributed by atoms with Crippen LogP contribution in [-0.4, -0.2) is 11.0 Å². The number of hydrogen-bond donors (Lipinski definition) is 1. The highest BCUT2D eigenvalue weighted by Gasteiger charge is 2.27. The number of benzene rings is 1. The van der Waals surface area contributed by atoms with Crippen molar-refractivity contribution in [3.63, 3.8) is 0 Å². The van der Waals surface area contributed by atoms with Crippen LogP contribution < -0.4 is 5.32 Å². The largest absolute Gasteiger partial charge is 0.382 e. The van der Waals surface area contributed by atoms with Gasteiger partial charge < -0.3 is 5.32 Å². The molecule has 20 heavy (non-hydrogen) atoms. The Hall–Kier alpha value is -1.58. The summed E-state index contributed by atoms with van der Waals surface area (Å²) >= 11 is 0. The Labute approximate surface area is 120 Å². The summed E-state index contributed by atoms with van der Waals surface area (Å²) in [5.74, 6) is 0. The average Bonchev–Trinajstić information content (AvgIpc) is 2.34. The summed E-state index contributed by atoms with van der Waals surface area (Å²) in [5, 5.41) is 14.5. The van der Waals surface area contributed by atoms with Crippen molar-refractivity contribution in [3.05, 3.63) is 33.4 Å². The molecule has 1 aromatic carbocycles. The van der Waals surface area contributed by atoms with E-state index in [0.29, 0.717) is 11.5 Å². The Morgan fingerprint density at radius 3 is 2.35 bits per heavy atom. The van der Waals surface area contributed by atoms with Gasteiger partial charge >= 0.3 is 0 Å². The molecule has 0 radical (unpaired) electrons. The summed E-state index contributed by atoms with van der Waals surface area (Å²) in [6.07, 6.45) is 4.68. The molecule has 0 aromatic heterocycles. The lowest BCUT2D eigenvalue weighted by atomic mass is 9.75. The Morgan fingerprint density at radius 1 is 1.20 bits per heavy atom. The number of anilines is 1. The minimum Gasteiger partial charge on any atom is -0.382 e. The van der Waals surface area contributed by atoms with Crippen molar-refractivity contribution >= 4 is 11.4 Å². The van der Waals surface area contributed by atoms with Crippen LogP contribution in [0.25, 0.3) is 0 Å². The molecule has 4 heteroatoms. The lowest BCUT2D eigenvalue weighted by molar-refractivity contribution is -0.385. The molecule has 1 fully saturated rings. The summed E-state index contributed by atoms with van der Waals surface area (Å²) in [6.45, 7) is 8.42. The van der Waals surface area contributed by atoms with Gasteiger partial charge in [0.05, 0.1) is 4.92 Å². The van der Waals surface area contributed by atoms with Gasteiger partial charge in [-0.15, -0.1) is 0 Å². The van der Waals surface area contributed by atoms with E-state index >= 15 is 0 Å². The maximum Gasteiger partial charge on any atom is 0.274 e. The van der Waals surface area contributed by atoms with E-state index in [2.05, 4.69) is 19.2 Å². The number of hydrogen-bond acceptors (Lipinski definition) is 3. The Morgan fingerprint density at radius 2 is 1.80 bits per heavy atom. The van der Waals surface area contributed by atoms with Gasteiger partial charge in [-0.1, -0.05) is 13.8 Å². The van der Waals surface area contributed by atoms with E-state index in [1.807, 2.05) is 13.0 Å². The van der Waals surface area contributed by atoms with Gasteiger partial charge in [0.2, 0.25) is 0 Å². The number of nitro groups is 1. The second kappa shape index (κ2) is 5.43. The molecule has 4 nitrogen and oxygen atoms in total. The summed E-state index contributed by atoms with van der Waals surface area (Å²) < 4.78 is 0. The van der Waals surface area contributed by atoms with Gasteiger partial charge in [0.25, 0.3) is 5.69 Å². The van der Waals surface area contributed by atoms with Gasteiger partial charge in [0.1, 0.15) is 0 Å². The van der Waals surface area contributed by atoms with E-state index in [-0.39, 0.29) is 10.6 Å². The Bertz CT molecular complexity index is 513. The molecule has 0 amide bonds. The standard InChI is InChI=1S/C16H24N2O2/c1-11-9-12(2)15(18(19)20)10-14(11)17-13-5-7-16(3,4)8-6-13/h9-10,13,17H,5-8H2,1-4H3. The quantitative estimate of drug-likeness (QED) is 0.648. The second-order valence-electron chi connectivity index (χ2n) is 6.79. The summed E-state index contributed by atoms with van der Waals surface area (Å²) in [5.41, 5.74) is 3.36. The van der Waals surface area contributed by atoms with Gasteiger partial charge in [0, 0.05) is 23.4 Å².